The molecular formula is C18H22N2O3. The minimum atomic E-state index is -0.213. The summed E-state index contributed by atoms with van der Waals surface area (Å²) in [4.78, 5) is 12.4. The first-order valence-electron chi connectivity index (χ1n) is 7.48. The Morgan fingerprint density at radius 2 is 1.87 bits per heavy atom. The highest BCUT2D eigenvalue weighted by atomic mass is 16.5. The van der Waals surface area contributed by atoms with Crippen LogP contribution in [0.3, 0.4) is 0 Å². The third-order valence-corrected chi connectivity index (χ3v) is 3.25. The molecule has 3 N–H and O–H groups in total. The molecule has 0 aliphatic heterocycles. The second kappa shape index (κ2) is 7.65. The molecule has 0 atom stereocenters. The first kappa shape index (κ1) is 16.8. The Hall–Kier alpha value is -2.53. The Labute approximate surface area is 136 Å². The van der Waals surface area contributed by atoms with Crippen molar-refractivity contribution in [1.29, 1.82) is 0 Å². The number of anilines is 1. The highest BCUT2D eigenvalue weighted by molar-refractivity contribution is 6.05. The number of nitrogens with two attached hydrogens (primary N) is 1. The molecule has 23 heavy (non-hydrogen) atoms. The molecule has 2 aromatic rings. The summed E-state index contributed by atoms with van der Waals surface area (Å²) in [5.41, 5.74) is 7.68. The van der Waals surface area contributed by atoms with E-state index in [-0.39, 0.29) is 12.0 Å². The third-order valence-electron chi connectivity index (χ3n) is 3.25. The van der Waals surface area contributed by atoms with Crippen LogP contribution in [0.1, 0.15) is 29.8 Å². The van der Waals surface area contributed by atoms with Crippen molar-refractivity contribution in [3.63, 3.8) is 0 Å². The first-order valence-corrected chi connectivity index (χ1v) is 7.48. The van der Waals surface area contributed by atoms with Crippen LogP contribution < -0.4 is 20.5 Å². The summed E-state index contributed by atoms with van der Waals surface area (Å²) < 4.78 is 10.9. The van der Waals surface area contributed by atoms with E-state index >= 15 is 0 Å². The standard InChI is InChI=1S/C18H22N2O3/c1-12(2)23-17-9-8-15(22-3)10-16(17)20-18(21)14-6-4-13(11-19)5-7-14/h4-10,12H,11,19H2,1-3H3,(H,20,21). The fourth-order valence-electron chi connectivity index (χ4n) is 2.08. The van der Waals surface area contributed by atoms with Crippen molar-refractivity contribution in [2.45, 2.75) is 26.5 Å². The summed E-state index contributed by atoms with van der Waals surface area (Å²) in [6.07, 6.45) is 0.00267. The maximum atomic E-state index is 12.4. The van der Waals surface area contributed by atoms with Gasteiger partial charge in [0.15, 0.2) is 0 Å². The van der Waals surface area contributed by atoms with E-state index in [0.29, 0.717) is 29.3 Å². The monoisotopic (exact) mass is 314 g/mol. The van der Waals surface area contributed by atoms with Crippen LogP contribution in [0.25, 0.3) is 0 Å². The molecule has 2 rings (SSSR count). The Bertz CT molecular complexity index is 666. The fourth-order valence-corrected chi connectivity index (χ4v) is 2.08. The Morgan fingerprint density at radius 3 is 2.43 bits per heavy atom. The van der Waals surface area contributed by atoms with E-state index in [0.717, 1.165) is 5.56 Å². The number of carbonyl (C=O) groups is 1. The van der Waals surface area contributed by atoms with Crippen molar-refractivity contribution in [1.82, 2.24) is 0 Å². The Morgan fingerprint density at radius 1 is 1.17 bits per heavy atom. The molecule has 0 aliphatic carbocycles. The van der Waals surface area contributed by atoms with Gasteiger partial charge in [-0.25, -0.2) is 0 Å². The molecule has 1 amide bonds. The van der Waals surface area contributed by atoms with Gasteiger partial charge in [0.05, 0.1) is 18.9 Å². The molecule has 122 valence electrons. The van der Waals surface area contributed by atoms with E-state index in [1.807, 2.05) is 26.0 Å². The highest BCUT2D eigenvalue weighted by Crippen LogP contribution is 2.30. The summed E-state index contributed by atoms with van der Waals surface area (Å²) in [6, 6.07) is 12.5. The molecule has 0 unspecified atom stereocenters. The van der Waals surface area contributed by atoms with E-state index in [1.54, 1.807) is 37.4 Å². The predicted molar refractivity (Wildman–Crippen MR) is 91.0 cm³/mol. The normalized spacial score (nSPS) is 10.5. The molecule has 0 radical (unpaired) electrons. The van der Waals surface area contributed by atoms with E-state index < -0.39 is 0 Å². The number of ether oxygens (including phenoxy) is 2. The molecule has 2 aromatic carbocycles. The SMILES string of the molecule is COc1ccc(OC(C)C)c(NC(=O)c2ccc(CN)cc2)c1. The van der Waals surface area contributed by atoms with Crippen LogP contribution in [0.2, 0.25) is 0 Å². The number of carbonyl (C=O) groups excluding carboxylic acids is 1. The first-order chi connectivity index (χ1) is 11.0. The summed E-state index contributed by atoms with van der Waals surface area (Å²) in [7, 11) is 1.58. The molecule has 0 aliphatic rings. The van der Waals surface area contributed by atoms with E-state index in [2.05, 4.69) is 5.32 Å². The summed E-state index contributed by atoms with van der Waals surface area (Å²) in [5, 5.41) is 2.87. The third kappa shape index (κ3) is 4.47. The van der Waals surface area contributed by atoms with Gasteiger partial charge in [-0.05, 0) is 43.7 Å². The average Bonchev–Trinajstić information content (AvgIpc) is 2.56. The van der Waals surface area contributed by atoms with Gasteiger partial charge in [-0.1, -0.05) is 12.1 Å². The van der Waals surface area contributed by atoms with Crippen molar-refractivity contribution in [2.24, 2.45) is 5.73 Å². The van der Waals surface area contributed by atoms with Crippen LogP contribution in [-0.2, 0) is 6.54 Å². The van der Waals surface area contributed by atoms with Crippen molar-refractivity contribution in [2.75, 3.05) is 12.4 Å². The van der Waals surface area contributed by atoms with Gasteiger partial charge in [0, 0.05) is 18.2 Å². The quantitative estimate of drug-likeness (QED) is 0.859. The van der Waals surface area contributed by atoms with Crippen LogP contribution in [0, 0.1) is 0 Å². The summed E-state index contributed by atoms with van der Waals surface area (Å²) in [6.45, 7) is 4.31. The van der Waals surface area contributed by atoms with Gasteiger partial charge < -0.3 is 20.5 Å². The van der Waals surface area contributed by atoms with Crippen LogP contribution >= 0.6 is 0 Å². The number of hydrogen-bond acceptors (Lipinski definition) is 4. The molecule has 0 spiro atoms. The van der Waals surface area contributed by atoms with Crippen molar-refractivity contribution in [3.05, 3.63) is 53.6 Å². The van der Waals surface area contributed by atoms with Crippen molar-refractivity contribution >= 4 is 11.6 Å². The van der Waals surface area contributed by atoms with E-state index in [4.69, 9.17) is 15.2 Å². The van der Waals surface area contributed by atoms with Gasteiger partial charge in [-0.2, -0.15) is 0 Å². The number of rotatable bonds is 6. The largest absolute Gasteiger partial charge is 0.497 e. The Balaban J connectivity index is 2.23. The predicted octanol–water partition coefficient (Wildman–Crippen LogP) is 3.19. The van der Waals surface area contributed by atoms with Crippen LogP contribution in [0.15, 0.2) is 42.5 Å². The highest BCUT2D eigenvalue weighted by Gasteiger charge is 2.12. The zero-order valence-corrected chi connectivity index (χ0v) is 13.6. The lowest BCUT2D eigenvalue weighted by Crippen LogP contribution is -2.14. The number of hydrogen-bond donors (Lipinski definition) is 2. The minimum absolute atomic E-state index is 0.00267. The molecular weight excluding hydrogens is 292 g/mol. The maximum absolute atomic E-state index is 12.4. The van der Waals surface area contributed by atoms with E-state index in [9.17, 15) is 4.79 Å². The minimum Gasteiger partial charge on any atom is -0.497 e. The van der Waals surface area contributed by atoms with E-state index in [1.165, 1.54) is 0 Å². The average molecular weight is 314 g/mol. The lowest BCUT2D eigenvalue weighted by Gasteiger charge is -2.16. The second-order valence-electron chi connectivity index (χ2n) is 5.38. The van der Waals surface area contributed by atoms with Gasteiger partial charge in [-0.15, -0.1) is 0 Å². The van der Waals surface area contributed by atoms with Crippen LogP contribution in [0.4, 0.5) is 5.69 Å². The lowest BCUT2D eigenvalue weighted by atomic mass is 10.1. The second-order valence-corrected chi connectivity index (χ2v) is 5.38. The number of benzene rings is 2. The smallest absolute Gasteiger partial charge is 0.255 e. The number of amides is 1. The molecule has 0 heterocycles. The molecule has 0 bridgehead atoms. The molecule has 0 saturated carbocycles. The zero-order chi connectivity index (χ0) is 16.8. The Kier molecular flexibility index (Phi) is 5.60. The fraction of sp³-hybridized carbons (Fsp3) is 0.278. The van der Waals surface area contributed by atoms with Crippen molar-refractivity contribution in [3.8, 4) is 11.5 Å². The zero-order valence-electron chi connectivity index (χ0n) is 13.6. The number of methoxy groups -OCH3 is 1. The van der Waals surface area contributed by atoms with Gasteiger partial charge >= 0.3 is 0 Å². The summed E-state index contributed by atoms with van der Waals surface area (Å²) >= 11 is 0. The van der Waals surface area contributed by atoms with Gasteiger partial charge in [0.2, 0.25) is 0 Å². The van der Waals surface area contributed by atoms with Gasteiger partial charge in [0.1, 0.15) is 11.5 Å². The molecule has 0 aromatic heterocycles. The molecule has 0 fully saturated rings. The number of nitrogens with one attached hydrogen (secondary N) is 1. The molecule has 0 saturated heterocycles. The van der Waals surface area contributed by atoms with Gasteiger partial charge in [-0.3, -0.25) is 4.79 Å². The van der Waals surface area contributed by atoms with Gasteiger partial charge in [0.25, 0.3) is 5.91 Å². The van der Waals surface area contributed by atoms with Crippen molar-refractivity contribution < 1.29 is 14.3 Å². The lowest BCUT2D eigenvalue weighted by molar-refractivity contribution is 0.102. The maximum Gasteiger partial charge on any atom is 0.255 e. The molecule has 5 heteroatoms. The van der Waals surface area contributed by atoms with Crippen LogP contribution in [-0.4, -0.2) is 19.1 Å². The molecule has 5 nitrogen and oxygen atoms in total. The topological polar surface area (TPSA) is 73.6 Å². The van der Waals surface area contributed by atoms with Crippen LogP contribution in [0.5, 0.6) is 11.5 Å². The summed E-state index contributed by atoms with van der Waals surface area (Å²) in [5.74, 6) is 1.04.